The normalized spacial score (nSPS) is 12.1. The van der Waals surface area contributed by atoms with Gasteiger partial charge in [0.2, 0.25) is 0 Å². The van der Waals surface area contributed by atoms with Crippen molar-refractivity contribution < 1.29 is 36.2 Å². The Balaban J connectivity index is 2.07. The Morgan fingerprint density at radius 2 is 1.61 bits per heavy atom. The van der Waals surface area contributed by atoms with Gasteiger partial charge < -0.3 is 0 Å². The molecule has 0 spiro atoms. The lowest BCUT2D eigenvalue weighted by Gasteiger charge is -2.26. The van der Waals surface area contributed by atoms with Gasteiger partial charge in [0, 0.05) is 18.0 Å². The maximum Gasteiger partial charge on any atom is 0.418 e. The second-order valence-corrected chi connectivity index (χ2v) is 10.0. The molecule has 0 saturated carbocycles. The van der Waals surface area contributed by atoms with Gasteiger partial charge in [0.1, 0.15) is 5.69 Å². The summed E-state index contributed by atoms with van der Waals surface area (Å²) in [6.07, 6.45) is -10.3. The first kappa shape index (κ1) is 27.4. The highest BCUT2D eigenvalue weighted by Crippen LogP contribution is 2.52. The standard InChI is InChI=1S/C21H9ClF6N4O4S2/c22-13-6-5-10(20(23,24)25)7-15(13)30(38-19-29-14-3-1-2-4-17(14)37-19)18-12(21(26,27)28)8-11(31(33)34)9-16(18)32(35)36/h1-9H. The number of hydrogen-bond acceptors (Lipinski definition) is 8. The quantitative estimate of drug-likeness (QED) is 0.0952. The Morgan fingerprint density at radius 1 is 0.921 bits per heavy atom. The zero-order valence-corrected chi connectivity index (χ0v) is 20.5. The number of aromatic nitrogens is 1. The molecule has 0 radical (unpaired) electrons. The zero-order chi connectivity index (χ0) is 28.0. The molecule has 0 bridgehead atoms. The zero-order valence-electron chi connectivity index (χ0n) is 18.1. The molecule has 0 aliphatic heterocycles. The SMILES string of the molecule is O=[N+]([O-])c1cc([N+](=O)[O-])c(N(Sc2nc3ccccc3s2)c2cc(C(F)(F)F)ccc2Cl)c(C(F)(F)F)c1. The van der Waals surface area contributed by atoms with Gasteiger partial charge in [-0.2, -0.15) is 26.3 Å². The van der Waals surface area contributed by atoms with E-state index in [0.29, 0.717) is 38.6 Å². The molecule has 0 aliphatic carbocycles. The molecule has 1 aromatic heterocycles. The van der Waals surface area contributed by atoms with Crippen molar-refractivity contribution in [2.24, 2.45) is 0 Å². The molecule has 3 aromatic carbocycles. The molecule has 198 valence electrons. The van der Waals surface area contributed by atoms with Crippen LogP contribution in [0.4, 0.5) is 49.1 Å². The molecule has 4 aromatic rings. The van der Waals surface area contributed by atoms with Crippen LogP contribution in [-0.2, 0) is 12.4 Å². The van der Waals surface area contributed by atoms with Crippen LogP contribution in [0.5, 0.6) is 0 Å². The number of anilines is 2. The molecule has 17 heteroatoms. The van der Waals surface area contributed by atoms with Crippen molar-refractivity contribution in [3.8, 4) is 0 Å². The second kappa shape index (κ2) is 9.92. The number of alkyl halides is 6. The summed E-state index contributed by atoms with van der Waals surface area (Å²) in [5, 5.41) is 22.6. The number of nitro groups is 2. The minimum absolute atomic E-state index is 0.000420. The fraction of sp³-hybridized carbons (Fsp3) is 0.0952. The third kappa shape index (κ3) is 5.46. The molecule has 0 N–H and O–H groups in total. The minimum Gasteiger partial charge on any atom is -0.270 e. The van der Waals surface area contributed by atoms with Crippen LogP contribution in [0.3, 0.4) is 0 Å². The third-order valence-corrected chi connectivity index (χ3v) is 7.36. The Kier molecular flexibility index (Phi) is 7.15. The molecule has 0 aliphatic rings. The van der Waals surface area contributed by atoms with Crippen LogP contribution in [0.1, 0.15) is 11.1 Å². The number of hydrogen-bond donors (Lipinski definition) is 0. The van der Waals surface area contributed by atoms with Crippen molar-refractivity contribution in [1.82, 2.24) is 4.98 Å². The fourth-order valence-corrected chi connectivity index (χ4v) is 5.73. The molecule has 0 unspecified atom stereocenters. The Bertz CT molecular complexity index is 1540. The van der Waals surface area contributed by atoms with E-state index < -0.39 is 61.1 Å². The summed E-state index contributed by atoms with van der Waals surface area (Å²) in [5.41, 5.74) is -7.30. The number of thiazole rings is 1. The van der Waals surface area contributed by atoms with Crippen molar-refractivity contribution in [2.75, 3.05) is 4.31 Å². The van der Waals surface area contributed by atoms with Gasteiger partial charge in [0.15, 0.2) is 4.34 Å². The molecular weight excluding hydrogens is 586 g/mol. The van der Waals surface area contributed by atoms with E-state index in [1.54, 1.807) is 24.3 Å². The molecule has 0 atom stereocenters. The topological polar surface area (TPSA) is 102 Å². The number of nitrogens with zero attached hydrogens (tertiary/aromatic N) is 4. The molecular formula is C21H9ClF6N4O4S2. The Labute approximate surface area is 220 Å². The van der Waals surface area contributed by atoms with Gasteiger partial charge in [0.25, 0.3) is 5.69 Å². The van der Waals surface area contributed by atoms with Crippen molar-refractivity contribution >= 4 is 67.9 Å². The van der Waals surface area contributed by atoms with Crippen LogP contribution in [0.2, 0.25) is 5.02 Å². The predicted octanol–water partition coefficient (Wildman–Crippen LogP) is 8.65. The van der Waals surface area contributed by atoms with Crippen LogP contribution in [0.25, 0.3) is 10.2 Å². The first-order valence-corrected chi connectivity index (χ1v) is 11.9. The van der Waals surface area contributed by atoms with Crippen LogP contribution in [-0.4, -0.2) is 14.8 Å². The van der Waals surface area contributed by atoms with Gasteiger partial charge in [-0.25, -0.2) is 4.98 Å². The summed E-state index contributed by atoms with van der Waals surface area (Å²) in [5.74, 6) is 0. The lowest BCUT2D eigenvalue weighted by molar-refractivity contribution is -0.394. The maximum atomic E-state index is 14.2. The summed E-state index contributed by atoms with van der Waals surface area (Å²) in [7, 11) is 0. The summed E-state index contributed by atoms with van der Waals surface area (Å²) in [6.45, 7) is 0. The van der Waals surface area contributed by atoms with Gasteiger partial charge >= 0.3 is 18.0 Å². The van der Waals surface area contributed by atoms with Gasteiger partial charge in [-0.15, -0.1) is 11.3 Å². The minimum atomic E-state index is -5.40. The Morgan fingerprint density at radius 3 is 2.18 bits per heavy atom. The van der Waals surface area contributed by atoms with Crippen LogP contribution >= 0.6 is 34.9 Å². The van der Waals surface area contributed by atoms with E-state index in [4.69, 9.17) is 11.6 Å². The lowest BCUT2D eigenvalue weighted by Crippen LogP contribution is -2.18. The number of benzene rings is 3. The van der Waals surface area contributed by atoms with Gasteiger partial charge in [-0.05, 0) is 30.3 Å². The first-order chi connectivity index (χ1) is 17.7. The van der Waals surface area contributed by atoms with E-state index >= 15 is 0 Å². The van der Waals surface area contributed by atoms with Crippen LogP contribution in [0.15, 0.2) is 58.9 Å². The summed E-state index contributed by atoms with van der Waals surface area (Å²) < 4.78 is 84.1. The van der Waals surface area contributed by atoms with Crippen molar-refractivity contribution in [2.45, 2.75) is 16.7 Å². The number of fused-ring (bicyclic) bond motifs is 1. The smallest absolute Gasteiger partial charge is 0.270 e. The van der Waals surface area contributed by atoms with Gasteiger partial charge in [0.05, 0.1) is 48.0 Å². The molecule has 1 heterocycles. The van der Waals surface area contributed by atoms with E-state index in [2.05, 4.69) is 4.98 Å². The van der Waals surface area contributed by atoms with E-state index in [1.165, 1.54) is 0 Å². The molecule has 0 saturated heterocycles. The van der Waals surface area contributed by atoms with E-state index in [0.717, 1.165) is 17.4 Å². The lowest BCUT2D eigenvalue weighted by atomic mass is 10.1. The van der Waals surface area contributed by atoms with Gasteiger partial charge in [-0.3, -0.25) is 24.5 Å². The third-order valence-electron chi connectivity index (χ3n) is 4.93. The van der Waals surface area contributed by atoms with Crippen LogP contribution in [0, 0.1) is 20.2 Å². The van der Waals surface area contributed by atoms with Crippen molar-refractivity contribution in [1.29, 1.82) is 0 Å². The average molecular weight is 595 g/mol. The number of halogens is 7. The van der Waals surface area contributed by atoms with E-state index in [1.807, 2.05) is 0 Å². The predicted molar refractivity (Wildman–Crippen MR) is 129 cm³/mol. The molecule has 0 amide bonds. The highest BCUT2D eigenvalue weighted by molar-refractivity contribution is 8.02. The Hall–Kier alpha value is -3.63. The highest BCUT2D eigenvalue weighted by Gasteiger charge is 2.43. The van der Waals surface area contributed by atoms with Crippen molar-refractivity contribution in [3.05, 3.63) is 91.0 Å². The molecule has 4 rings (SSSR count). The highest BCUT2D eigenvalue weighted by atomic mass is 35.5. The monoisotopic (exact) mass is 594 g/mol. The fourth-order valence-electron chi connectivity index (χ4n) is 3.31. The first-order valence-electron chi connectivity index (χ1n) is 9.91. The number of rotatable bonds is 6. The average Bonchev–Trinajstić information content (AvgIpc) is 3.23. The number of nitro benzene ring substituents is 2. The van der Waals surface area contributed by atoms with Gasteiger partial charge in [-0.1, -0.05) is 23.7 Å². The summed E-state index contributed by atoms with van der Waals surface area (Å²) in [4.78, 5) is 24.8. The summed E-state index contributed by atoms with van der Waals surface area (Å²) >= 11 is 7.41. The summed E-state index contributed by atoms with van der Waals surface area (Å²) in [6, 6.07) is 8.63. The molecule has 0 fully saturated rings. The largest absolute Gasteiger partial charge is 0.418 e. The second-order valence-electron chi connectivity index (χ2n) is 7.37. The molecule has 38 heavy (non-hydrogen) atoms. The van der Waals surface area contributed by atoms with E-state index in [-0.39, 0.29) is 16.5 Å². The molecule has 8 nitrogen and oxygen atoms in total. The number of para-hydroxylation sites is 1. The number of non-ortho nitro benzene ring substituents is 1. The maximum absolute atomic E-state index is 14.2. The van der Waals surface area contributed by atoms with Crippen molar-refractivity contribution in [3.63, 3.8) is 0 Å². The van der Waals surface area contributed by atoms with E-state index in [9.17, 15) is 46.6 Å². The van der Waals surface area contributed by atoms with Crippen LogP contribution < -0.4 is 4.31 Å².